The molecule has 23 heavy (non-hydrogen) atoms. The van der Waals surface area contributed by atoms with Crippen molar-refractivity contribution in [1.29, 1.82) is 0 Å². The Morgan fingerprint density at radius 1 is 1.26 bits per heavy atom. The molecule has 0 bridgehead atoms. The zero-order valence-electron chi connectivity index (χ0n) is 14.9. The Labute approximate surface area is 139 Å². The molecule has 1 aromatic heterocycles. The van der Waals surface area contributed by atoms with E-state index in [1.54, 1.807) is 7.11 Å². The average molecular weight is 316 g/mol. The van der Waals surface area contributed by atoms with Gasteiger partial charge in [-0.05, 0) is 37.7 Å². The fraction of sp³-hybridized carbons (Fsp3) is 0.500. The Morgan fingerprint density at radius 3 is 2.57 bits per heavy atom. The minimum atomic E-state index is 0.780. The molecule has 2 rings (SSSR count). The van der Waals surface area contributed by atoms with Crippen LogP contribution in [0, 0.1) is 6.92 Å². The summed E-state index contributed by atoms with van der Waals surface area (Å²) in [5.41, 5.74) is 4.70. The van der Waals surface area contributed by atoms with Crippen molar-refractivity contribution in [3.05, 3.63) is 41.2 Å². The number of benzene rings is 1. The standard InChI is InChI=1S/C18H28N4O/c1-6-22(7-2)13-16-10-15(8-9-18(16)23-5)11-19-17-12-20-21(4)14(17)3/h8-10,12,19H,6-7,11,13H2,1-5H3. The summed E-state index contributed by atoms with van der Waals surface area (Å²) >= 11 is 0. The van der Waals surface area contributed by atoms with Gasteiger partial charge in [0.05, 0.1) is 24.7 Å². The van der Waals surface area contributed by atoms with Crippen molar-refractivity contribution in [1.82, 2.24) is 14.7 Å². The molecule has 0 radical (unpaired) electrons. The van der Waals surface area contributed by atoms with Gasteiger partial charge in [-0.15, -0.1) is 0 Å². The average Bonchev–Trinajstić information content (AvgIpc) is 2.89. The Morgan fingerprint density at radius 2 is 2.00 bits per heavy atom. The second kappa shape index (κ2) is 8.02. The maximum absolute atomic E-state index is 5.52. The summed E-state index contributed by atoms with van der Waals surface area (Å²) in [7, 11) is 3.69. The first-order valence-electron chi connectivity index (χ1n) is 8.19. The predicted molar refractivity (Wildman–Crippen MR) is 94.9 cm³/mol. The summed E-state index contributed by atoms with van der Waals surface area (Å²) < 4.78 is 7.39. The van der Waals surface area contributed by atoms with Crippen molar-refractivity contribution in [3.63, 3.8) is 0 Å². The van der Waals surface area contributed by atoms with Gasteiger partial charge in [-0.2, -0.15) is 5.10 Å². The molecule has 0 saturated heterocycles. The number of aromatic nitrogens is 2. The Kier molecular flexibility index (Phi) is 6.04. The van der Waals surface area contributed by atoms with Crippen LogP contribution in [0.2, 0.25) is 0 Å². The van der Waals surface area contributed by atoms with Gasteiger partial charge in [0.15, 0.2) is 0 Å². The van der Waals surface area contributed by atoms with Gasteiger partial charge in [0.25, 0.3) is 0 Å². The number of ether oxygens (including phenoxy) is 1. The largest absolute Gasteiger partial charge is 0.496 e. The minimum Gasteiger partial charge on any atom is -0.496 e. The van der Waals surface area contributed by atoms with Crippen molar-refractivity contribution in [2.45, 2.75) is 33.9 Å². The summed E-state index contributed by atoms with van der Waals surface area (Å²) in [6.45, 7) is 10.2. The highest BCUT2D eigenvalue weighted by atomic mass is 16.5. The molecule has 0 spiro atoms. The first-order chi connectivity index (χ1) is 11.1. The Balaban J connectivity index is 2.11. The summed E-state index contributed by atoms with van der Waals surface area (Å²) in [6, 6.07) is 6.41. The zero-order valence-corrected chi connectivity index (χ0v) is 14.9. The van der Waals surface area contributed by atoms with Gasteiger partial charge in [0.1, 0.15) is 5.75 Å². The number of hydrogen-bond acceptors (Lipinski definition) is 4. The van der Waals surface area contributed by atoms with Crippen molar-refractivity contribution >= 4 is 5.69 Å². The molecule has 1 N–H and O–H groups in total. The maximum Gasteiger partial charge on any atom is 0.123 e. The van der Waals surface area contributed by atoms with Crippen LogP contribution in [0.25, 0.3) is 0 Å². The smallest absolute Gasteiger partial charge is 0.123 e. The highest BCUT2D eigenvalue weighted by Gasteiger charge is 2.09. The van der Waals surface area contributed by atoms with Gasteiger partial charge in [0, 0.05) is 25.7 Å². The molecular weight excluding hydrogens is 288 g/mol. The van der Waals surface area contributed by atoms with Crippen LogP contribution in [-0.2, 0) is 20.1 Å². The van der Waals surface area contributed by atoms with Gasteiger partial charge >= 0.3 is 0 Å². The van der Waals surface area contributed by atoms with Gasteiger partial charge < -0.3 is 10.1 Å². The van der Waals surface area contributed by atoms with Crippen LogP contribution >= 0.6 is 0 Å². The molecule has 126 valence electrons. The number of aryl methyl sites for hydroxylation is 1. The van der Waals surface area contributed by atoms with E-state index in [1.165, 1.54) is 11.1 Å². The summed E-state index contributed by atoms with van der Waals surface area (Å²) in [6.07, 6.45) is 1.87. The molecular formula is C18H28N4O. The van der Waals surface area contributed by atoms with Gasteiger partial charge in [-0.25, -0.2) is 0 Å². The lowest BCUT2D eigenvalue weighted by molar-refractivity contribution is 0.289. The fourth-order valence-electron chi connectivity index (χ4n) is 2.62. The molecule has 0 aliphatic heterocycles. The third kappa shape index (κ3) is 4.26. The quantitative estimate of drug-likeness (QED) is 0.812. The first kappa shape index (κ1) is 17.3. The molecule has 2 aromatic rings. The third-order valence-corrected chi connectivity index (χ3v) is 4.35. The van der Waals surface area contributed by atoms with Crippen molar-refractivity contribution in [3.8, 4) is 5.75 Å². The van der Waals surface area contributed by atoms with E-state index in [0.29, 0.717) is 0 Å². The van der Waals surface area contributed by atoms with Gasteiger partial charge in [-0.3, -0.25) is 9.58 Å². The lowest BCUT2D eigenvalue weighted by atomic mass is 10.1. The molecule has 0 saturated carbocycles. The molecule has 0 aliphatic carbocycles. The number of nitrogens with one attached hydrogen (secondary N) is 1. The van der Waals surface area contributed by atoms with Crippen molar-refractivity contribution < 1.29 is 4.74 Å². The van der Waals surface area contributed by atoms with E-state index in [1.807, 2.05) is 17.9 Å². The van der Waals surface area contributed by atoms with Crippen LogP contribution in [0.1, 0.15) is 30.7 Å². The van der Waals surface area contributed by atoms with E-state index in [-0.39, 0.29) is 0 Å². The predicted octanol–water partition coefficient (Wildman–Crippen LogP) is 3.19. The van der Waals surface area contributed by atoms with E-state index in [4.69, 9.17) is 4.74 Å². The van der Waals surface area contributed by atoms with Crippen LogP contribution in [0.15, 0.2) is 24.4 Å². The fourth-order valence-corrected chi connectivity index (χ4v) is 2.62. The zero-order chi connectivity index (χ0) is 16.8. The lowest BCUT2D eigenvalue weighted by Crippen LogP contribution is -2.22. The Hall–Kier alpha value is -2.01. The van der Waals surface area contributed by atoms with Gasteiger partial charge in [0.2, 0.25) is 0 Å². The van der Waals surface area contributed by atoms with E-state index >= 15 is 0 Å². The SMILES string of the molecule is CCN(CC)Cc1cc(CNc2cnn(C)c2C)ccc1OC. The number of methoxy groups -OCH3 is 1. The van der Waals surface area contributed by atoms with E-state index in [2.05, 4.69) is 54.3 Å². The number of anilines is 1. The Bertz CT molecular complexity index is 632. The molecule has 0 aliphatic rings. The molecule has 0 amide bonds. The first-order valence-corrected chi connectivity index (χ1v) is 8.19. The molecule has 0 unspecified atom stereocenters. The summed E-state index contributed by atoms with van der Waals surface area (Å²) in [5.74, 6) is 0.957. The van der Waals surface area contributed by atoms with Crippen molar-refractivity contribution in [2.75, 3.05) is 25.5 Å². The lowest BCUT2D eigenvalue weighted by Gasteiger charge is -2.20. The number of hydrogen-bond donors (Lipinski definition) is 1. The van der Waals surface area contributed by atoms with E-state index in [9.17, 15) is 0 Å². The summed E-state index contributed by atoms with van der Waals surface area (Å²) in [4.78, 5) is 2.39. The van der Waals surface area contributed by atoms with Crippen LogP contribution < -0.4 is 10.1 Å². The molecule has 0 atom stereocenters. The highest BCUT2D eigenvalue weighted by Crippen LogP contribution is 2.22. The molecule has 5 nitrogen and oxygen atoms in total. The van der Waals surface area contributed by atoms with E-state index in [0.717, 1.165) is 43.3 Å². The number of nitrogens with zero attached hydrogens (tertiary/aromatic N) is 3. The van der Waals surface area contributed by atoms with Crippen LogP contribution in [0.5, 0.6) is 5.75 Å². The molecule has 0 fully saturated rings. The van der Waals surface area contributed by atoms with Crippen LogP contribution in [0.4, 0.5) is 5.69 Å². The maximum atomic E-state index is 5.52. The molecule has 1 heterocycles. The normalized spacial score (nSPS) is 11.0. The third-order valence-electron chi connectivity index (χ3n) is 4.35. The van der Waals surface area contributed by atoms with Crippen molar-refractivity contribution in [2.24, 2.45) is 7.05 Å². The van der Waals surface area contributed by atoms with E-state index < -0.39 is 0 Å². The summed E-state index contributed by atoms with van der Waals surface area (Å²) in [5, 5.41) is 7.72. The van der Waals surface area contributed by atoms with Crippen LogP contribution in [0.3, 0.4) is 0 Å². The second-order valence-electron chi connectivity index (χ2n) is 5.73. The second-order valence-corrected chi connectivity index (χ2v) is 5.73. The molecule has 5 heteroatoms. The van der Waals surface area contributed by atoms with Crippen LogP contribution in [-0.4, -0.2) is 34.9 Å². The highest BCUT2D eigenvalue weighted by molar-refractivity contribution is 5.47. The minimum absolute atomic E-state index is 0.780. The molecule has 1 aromatic carbocycles. The topological polar surface area (TPSA) is 42.3 Å². The monoisotopic (exact) mass is 316 g/mol. The number of rotatable bonds is 8. The van der Waals surface area contributed by atoms with Gasteiger partial charge in [-0.1, -0.05) is 19.9 Å².